The maximum atomic E-state index is 11.6. The van der Waals surface area contributed by atoms with Crippen LogP contribution in [0.1, 0.15) is 15.9 Å². The van der Waals surface area contributed by atoms with Crippen LogP contribution in [0.5, 0.6) is 0 Å². The van der Waals surface area contributed by atoms with Crippen LogP contribution in [0.25, 0.3) is 0 Å². The summed E-state index contributed by atoms with van der Waals surface area (Å²) in [6.45, 7) is 1.83. The molecule has 6 heteroatoms. The van der Waals surface area contributed by atoms with E-state index in [1.165, 1.54) is 28.6 Å². The van der Waals surface area contributed by atoms with Gasteiger partial charge in [-0.2, -0.15) is 0 Å². The fourth-order valence-corrected chi connectivity index (χ4v) is 2.52. The first-order chi connectivity index (χ1) is 9.50. The second kappa shape index (κ2) is 5.85. The molecule has 0 aliphatic rings. The molecule has 2 rings (SSSR count). The Morgan fingerprint density at radius 1 is 1.10 bits per heavy atom. The second-order valence-corrected chi connectivity index (χ2v) is 4.99. The Morgan fingerprint density at radius 2 is 1.70 bits per heavy atom. The third-order valence-electron chi connectivity index (χ3n) is 2.84. The molecule has 0 bridgehead atoms. The van der Waals surface area contributed by atoms with Gasteiger partial charge in [0, 0.05) is 0 Å². The van der Waals surface area contributed by atoms with Crippen molar-refractivity contribution >= 4 is 28.6 Å². The molecule has 0 heterocycles. The van der Waals surface area contributed by atoms with Crippen molar-refractivity contribution < 1.29 is 18.7 Å². The molecule has 1 unspecified atom stereocenters. The van der Waals surface area contributed by atoms with Gasteiger partial charge in [0.15, 0.2) is 0 Å². The molecular formula is C14H13NO4S. The minimum Gasteiger partial charge on any atom is -0.478 e. The number of hydrogen-bond acceptors (Lipinski definition) is 2. The Hall–Kier alpha value is -2.18. The van der Waals surface area contributed by atoms with Crippen molar-refractivity contribution in [3.8, 4) is 0 Å². The highest BCUT2D eigenvalue weighted by Crippen LogP contribution is 2.29. The number of benzene rings is 2. The number of carboxylic acids is 1. The van der Waals surface area contributed by atoms with Crippen LogP contribution < -0.4 is 4.31 Å². The van der Waals surface area contributed by atoms with Crippen LogP contribution in [0.4, 0.5) is 11.4 Å². The minimum atomic E-state index is -2.25. The summed E-state index contributed by atoms with van der Waals surface area (Å²) in [5.41, 5.74) is 2.01. The quantitative estimate of drug-likeness (QED) is 0.849. The average molecular weight is 291 g/mol. The summed E-state index contributed by atoms with van der Waals surface area (Å²) < 4.78 is 22.3. The van der Waals surface area contributed by atoms with Gasteiger partial charge in [-0.05, 0) is 42.8 Å². The van der Waals surface area contributed by atoms with E-state index in [1.807, 2.05) is 19.1 Å². The number of hydrogen-bond donors (Lipinski definition) is 2. The summed E-state index contributed by atoms with van der Waals surface area (Å²) in [6, 6.07) is 13.0. The number of rotatable bonds is 4. The van der Waals surface area contributed by atoms with Crippen LogP contribution in [-0.4, -0.2) is 19.8 Å². The molecule has 0 saturated heterocycles. The Labute approximate surface area is 118 Å². The Morgan fingerprint density at radius 3 is 2.20 bits per heavy atom. The number of aryl methyl sites for hydroxylation is 1. The highest BCUT2D eigenvalue weighted by molar-refractivity contribution is 7.81. The van der Waals surface area contributed by atoms with Crippen LogP contribution in [-0.2, 0) is 11.3 Å². The highest BCUT2D eigenvalue weighted by Gasteiger charge is 2.17. The maximum absolute atomic E-state index is 11.6. The van der Waals surface area contributed by atoms with Gasteiger partial charge in [-0.1, -0.05) is 18.2 Å². The van der Waals surface area contributed by atoms with Gasteiger partial charge in [-0.25, -0.2) is 13.3 Å². The summed E-state index contributed by atoms with van der Waals surface area (Å²) >= 11 is -2.25. The normalized spacial score (nSPS) is 11.9. The maximum Gasteiger partial charge on any atom is 0.335 e. The van der Waals surface area contributed by atoms with Gasteiger partial charge in [-0.3, -0.25) is 4.55 Å². The van der Waals surface area contributed by atoms with E-state index in [0.29, 0.717) is 11.4 Å². The number of nitrogens with zero attached hydrogens (tertiary/aromatic N) is 1. The van der Waals surface area contributed by atoms with E-state index < -0.39 is 17.2 Å². The van der Waals surface area contributed by atoms with Gasteiger partial charge in [-0.15, -0.1) is 0 Å². The van der Waals surface area contributed by atoms with E-state index in [0.717, 1.165) is 5.56 Å². The molecule has 0 radical (unpaired) electrons. The number of carboxylic acid groups (broad SMARTS) is 1. The monoisotopic (exact) mass is 291 g/mol. The van der Waals surface area contributed by atoms with Crippen LogP contribution in [0, 0.1) is 6.92 Å². The lowest BCUT2D eigenvalue weighted by Gasteiger charge is -2.21. The van der Waals surface area contributed by atoms with E-state index in [1.54, 1.807) is 12.1 Å². The van der Waals surface area contributed by atoms with E-state index in [-0.39, 0.29) is 5.56 Å². The van der Waals surface area contributed by atoms with Crippen molar-refractivity contribution in [3.63, 3.8) is 0 Å². The van der Waals surface area contributed by atoms with Crippen molar-refractivity contribution in [2.75, 3.05) is 4.31 Å². The van der Waals surface area contributed by atoms with Crippen LogP contribution in [0.15, 0.2) is 48.5 Å². The zero-order chi connectivity index (χ0) is 14.7. The Bertz CT molecular complexity index is 654. The molecule has 0 amide bonds. The molecule has 20 heavy (non-hydrogen) atoms. The standard InChI is InChI=1S/C14H13NO4S/c1-10-4-2-3-5-13(10)15(20(18)19)12-8-6-11(7-9-12)14(16)17/h2-9H,1H3,(H,16,17)(H,18,19). The first-order valence-electron chi connectivity index (χ1n) is 5.81. The number of carbonyl (C=O) groups is 1. The largest absolute Gasteiger partial charge is 0.478 e. The van der Waals surface area contributed by atoms with Crippen LogP contribution in [0.3, 0.4) is 0 Å². The van der Waals surface area contributed by atoms with Gasteiger partial charge in [0.25, 0.3) is 11.3 Å². The second-order valence-electron chi connectivity index (χ2n) is 4.16. The molecule has 0 spiro atoms. The van der Waals surface area contributed by atoms with Gasteiger partial charge in [0.2, 0.25) is 0 Å². The molecule has 2 aromatic rings. The molecule has 0 aliphatic carbocycles. The number of para-hydroxylation sites is 1. The third kappa shape index (κ3) is 2.87. The molecule has 0 aliphatic heterocycles. The first kappa shape index (κ1) is 14.2. The van der Waals surface area contributed by atoms with Crippen LogP contribution in [0.2, 0.25) is 0 Å². The Balaban J connectivity index is 2.47. The summed E-state index contributed by atoms with van der Waals surface area (Å²) in [5.74, 6) is -1.04. The van der Waals surface area contributed by atoms with Gasteiger partial charge >= 0.3 is 5.97 Å². The van der Waals surface area contributed by atoms with Gasteiger partial charge < -0.3 is 5.11 Å². The van der Waals surface area contributed by atoms with E-state index in [4.69, 9.17) is 5.11 Å². The lowest BCUT2D eigenvalue weighted by molar-refractivity contribution is 0.0697. The third-order valence-corrected chi connectivity index (χ3v) is 3.56. The lowest BCUT2D eigenvalue weighted by Crippen LogP contribution is -2.20. The van der Waals surface area contributed by atoms with Crippen LogP contribution >= 0.6 is 0 Å². The SMILES string of the molecule is Cc1ccccc1N(c1ccc(C(=O)O)cc1)S(=O)O. The molecule has 0 aromatic heterocycles. The molecule has 0 fully saturated rings. The molecule has 0 saturated carbocycles. The zero-order valence-corrected chi connectivity index (χ0v) is 11.5. The molecule has 5 nitrogen and oxygen atoms in total. The minimum absolute atomic E-state index is 0.127. The molecular weight excluding hydrogens is 278 g/mol. The predicted octanol–water partition coefficient (Wildman–Crippen LogP) is 2.97. The molecule has 2 N–H and O–H groups in total. The molecule has 104 valence electrons. The molecule has 2 aromatic carbocycles. The average Bonchev–Trinajstić information content (AvgIpc) is 2.41. The van der Waals surface area contributed by atoms with Gasteiger partial charge in [0.1, 0.15) is 0 Å². The van der Waals surface area contributed by atoms with Crippen molar-refractivity contribution in [1.29, 1.82) is 0 Å². The number of aromatic carboxylic acids is 1. The van der Waals surface area contributed by atoms with Crippen molar-refractivity contribution in [1.82, 2.24) is 0 Å². The lowest BCUT2D eigenvalue weighted by atomic mass is 10.1. The first-order valence-corrected chi connectivity index (χ1v) is 6.87. The van der Waals surface area contributed by atoms with E-state index in [2.05, 4.69) is 0 Å². The summed E-state index contributed by atoms with van der Waals surface area (Å²) in [6.07, 6.45) is 0. The fraction of sp³-hybridized carbons (Fsp3) is 0.0714. The Kier molecular flexibility index (Phi) is 4.16. The summed E-state index contributed by atoms with van der Waals surface area (Å²) in [7, 11) is 0. The summed E-state index contributed by atoms with van der Waals surface area (Å²) in [5, 5.41) is 8.86. The van der Waals surface area contributed by atoms with E-state index in [9.17, 15) is 13.6 Å². The predicted molar refractivity (Wildman–Crippen MR) is 77.5 cm³/mol. The highest BCUT2D eigenvalue weighted by atomic mass is 32.2. The van der Waals surface area contributed by atoms with Gasteiger partial charge in [0.05, 0.1) is 16.9 Å². The number of anilines is 2. The van der Waals surface area contributed by atoms with Crippen molar-refractivity contribution in [3.05, 3.63) is 59.7 Å². The van der Waals surface area contributed by atoms with Crippen molar-refractivity contribution in [2.45, 2.75) is 6.92 Å². The summed E-state index contributed by atoms with van der Waals surface area (Å²) in [4.78, 5) is 10.8. The fourth-order valence-electron chi connectivity index (χ4n) is 1.84. The van der Waals surface area contributed by atoms with Crippen molar-refractivity contribution in [2.24, 2.45) is 0 Å². The van der Waals surface area contributed by atoms with E-state index >= 15 is 0 Å². The molecule has 1 atom stereocenters. The smallest absolute Gasteiger partial charge is 0.335 e. The topological polar surface area (TPSA) is 77.8 Å². The zero-order valence-electron chi connectivity index (χ0n) is 10.7.